The third-order valence-corrected chi connectivity index (χ3v) is 10.6. The van der Waals surface area contributed by atoms with Crippen molar-refractivity contribution in [3.05, 3.63) is 35.9 Å². The molecular weight excluding hydrogens is 384 g/mol. The molecule has 7 aliphatic rings. The summed E-state index contributed by atoms with van der Waals surface area (Å²) in [5.74, 6) is 3.82. The summed E-state index contributed by atoms with van der Waals surface area (Å²) < 4.78 is 6.31. The molecule has 0 amide bonds. The minimum absolute atomic E-state index is 0.00358. The fourth-order valence-electron chi connectivity index (χ4n) is 8.97. The lowest BCUT2D eigenvalue weighted by Crippen LogP contribution is -2.59. The topological polar surface area (TPSA) is 43.4 Å². The number of Topliss-reactive ketones (excluding diaryl/α,β-unsaturated/α-hetero) is 1. The van der Waals surface area contributed by atoms with E-state index in [1.165, 1.54) is 12.8 Å². The Morgan fingerprint density at radius 2 is 1.61 bits per heavy atom. The minimum Gasteiger partial charge on any atom is -0.462 e. The molecule has 31 heavy (non-hydrogen) atoms. The van der Waals surface area contributed by atoms with Gasteiger partial charge in [-0.25, -0.2) is 0 Å². The molecule has 7 fully saturated rings. The molecule has 2 unspecified atom stereocenters. The molecule has 3 nitrogen and oxygen atoms in total. The monoisotopic (exact) mass is 420 g/mol. The van der Waals surface area contributed by atoms with Crippen LogP contribution in [0.3, 0.4) is 0 Å². The number of esters is 1. The zero-order chi connectivity index (χ0) is 21.5. The van der Waals surface area contributed by atoms with Crippen molar-refractivity contribution in [2.75, 3.05) is 0 Å². The number of rotatable bonds is 4. The van der Waals surface area contributed by atoms with E-state index in [0.29, 0.717) is 40.9 Å². The molecule has 0 aromatic heterocycles. The Balaban J connectivity index is 1.22. The summed E-state index contributed by atoms with van der Waals surface area (Å²) >= 11 is 0. The van der Waals surface area contributed by atoms with E-state index in [9.17, 15) is 9.59 Å². The molecule has 10 atom stereocenters. The summed E-state index contributed by atoms with van der Waals surface area (Å²) in [4.78, 5) is 27.1. The Bertz CT molecular complexity index is 889. The third-order valence-electron chi connectivity index (χ3n) is 10.6. The molecular formula is C28H36O3. The number of carbonyl (C=O) groups is 2. The van der Waals surface area contributed by atoms with Gasteiger partial charge in [0, 0.05) is 11.5 Å². The summed E-state index contributed by atoms with van der Waals surface area (Å²) in [6.45, 7) is 7.06. The SMILES string of the molecule is C[C@@H]1[C@@H](OC(=O)C2[C@H]3C[C@@H]4C[C@H](C3)C(C(=O)c3ccccc3)[C@H]2C4)C[C@H]2C[C@@H]1C2(C)C. The highest BCUT2D eigenvalue weighted by atomic mass is 16.5. The third kappa shape index (κ3) is 2.91. The van der Waals surface area contributed by atoms with Crippen molar-refractivity contribution in [3.8, 4) is 0 Å². The Kier molecular flexibility index (Phi) is 4.47. The number of ether oxygens (including phenoxy) is 1. The van der Waals surface area contributed by atoms with Crippen molar-refractivity contribution < 1.29 is 14.3 Å². The summed E-state index contributed by atoms with van der Waals surface area (Å²) in [5.41, 5.74) is 1.22. The van der Waals surface area contributed by atoms with Crippen LogP contribution in [-0.4, -0.2) is 17.9 Å². The van der Waals surface area contributed by atoms with Gasteiger partial charge in [-0.3, -0.25) is 9.59 Å². The van der Waals surface area contributed by atoms with Crippen LogP contribution in [0.15, 0.2) is 30.3 Å². The Labute approximate surface area is 186 Å². The number of benzene rings is 1. The quantitative estimate of drug-likeness (QED) is 0.458. The smallest absolute Gasteiger partial charge is 0.309 e. The van der Waals surface area contributed by atoms with Gasteiger partial charge in [-0.1, -0.05) is 51.1 Å². The molecule has 7 saturated carbocycles. The molecule has 0 N–H and O–H groups in total. The van der Waals surface area contributed by atoms with Gasteiger partial charge in [0.05, 0.1) is 5.92 Å². The second kappa shape index (κ2) is 6.93. The fraction of sp³-hybridized carbons (Fsp3) is 0.714. The molecule has 0 aliphatic heterocycles. The maximum atomic E-state index is 13.6. The fourth-order valence-corrected chi connectivity index (χ4v) is 8.97. The van der Waals surface area contributed by atoms with Gasteiger partial charge < -0.3 is 4.74 Å². The average Bonchev–Trinajstić information content (AvgIpc) is 2.74. The number of hydrogen-bond acceptors (Lipinski definition) is 3. The van der Waals surface area contributed by atoms with Gasteiger partial charge in [0.15, 0.2) is 5.78 Å². The van der Waals surface area contributed by atoms with E-state index in [-0.39, 0.29) is 35.6 Å². The summed E-state index contributed by atoms with van der Waals surface area (Å²) in [5, 5.41) is 0. The highest BCUT2D eigenvalue weighted by Crippen LogP contribution is 2.63. The van der Waals surface area contributed by atoms with E-state index in [1.807, 2.05) is 30.3 Å². The highest BCUT2D eigenvalue weighted by Gasteiger charge is 2.60. The number of ketones is 1. The number of carbonyl (C=O) groups excluding carboxylic acids is 2. The van der Waals surface area contributed by atoms with Crippen LogP contribution in [0.5, 0.6) is 0 Å². The van der Waals surface area contributed by atoms with E-state index in [0.717, 1.165) is 31.2 Å². The first-order valence-corrected chi connectivity index (χ1v) is 12.6. The van der Waals surface area contributed by atoms with E-state index < -0.39 is 0 Å². The highest BCUT2D eigenvalue weighted by molar-refractivity contribution is 5.98. The van der Waals surface area contributed by atoms with Crippen LogP contribution in [0.1, 0.15) is 69.7 Å². The molecule has 0 spiro atoms. The van der Waals surface area contributed by atoms with E-state index in [4.69, 9.17) is 4.74 Å². The van der Waals surface area contributed by atoms with Gasteiger partial charge in [-0.05, 0) is 85.4 Å². The first-order valence-electron chi connectivity index (χ1n) is 12.6. The predicted octanol–water partition coefficient (Wildman–Crippen LogP) is 5.78. The Hall–Kier alpha value is -1.64. The van der Waals surface area contributed by atoms with E-state index in [1.54, 1.807) is 0 Å². The van der Waals surface area contributed by atoms with Gasteiger partial charge >= 0.3 is 5.97 Å². The second-order valence-electron chi connectivity index (χ2n) is 12.2. The predicted molar refractivity (Wildman–Crippen MR) is 119 cm³/mol. The lowest BCUT2D eigenvalue weighted by molar-refractivity contribution is -0.199. The molecule has 7 aliphatic carbocycles. The van der Waals surface area contributed by atoms with Gasteiger partial charge in [-0.15, -0.1) is 0 Å². The molecule has 3 heteroatoms. The van der Waals surface area contributed by atoms with Crippen molar-refractivity contribution in [1.82, 2.24) is 0 Å². The van der Waals surface area contributed by atoms with E-state index >= 15 is 0 Å². The number of fused-ring (bicyclic) bond motifs is 2. The molecule has 166 valence electrons. The van der Waals surface area contributed by atoms with Crippen LogP contribution in [0.4, 0.5) is 0 Å². The van der Waals surface area contributed by atoms with Gasteiger partial charge in [-0.2, -0.15) is 0 Å². The summed E-state index contributed by atoms with van der Waals surface area (Å²) in [6.07, 6.45) is 6.81. The summed E-state index contributed by atoms with van der Waals surface area (Å²) in [6, 6.07) is 9.75. The van der Waals surface area contributed by atoms with Gasteiger partial charge in [0.25, 0.3) is 0 Å². The summed E-state index contributed by atoms with van der Waals surface area (Å²) in [7, 11) is 0. The molecule has 1 aromatic rings. The van der Waals surface area contributed by atoms with Crippen LogP contribution in [0.25, 0.3) is 0 Å². The minimum atomic E-state index is -0.0658. The molecule has 8 rings (SSSR count). The van der Waals surface area contributed by atoms with Crippen LogP contribution in [0, 0.1) is 58.7 Å². The first-order chi connectivity index (χ1) is 14.8. The second-order valence-corrected chi connectivity index (χ2v) is 12.2. The lowest BCUT2D eigenvalue weighted by Gasteiger charge is -2.62. The molecule has 0 heterocycles. The standard InChI is InChI=1S/C28H36O3/c1-15-22-13-20(28(22,2)3)14-23(15)31-27(30)25-19-10-16-9-18(12-19)24(21(25)11-16)26(29)17-7-5-4-6-8-17/h4-8,15-16,18-25H,9-14H2,1-3H3/t15-,16-,18+,19-,20+,21+,22-,23-,24?,25?/m0/s1. The van der Waals surface area contributed by atoms with Crippen LogP contribution in [-0.2, 0) is 9.53 Å². The Morgan fingerprint density at radius 1 is 0.903 bits per heavy atom. The van der Waals surface area contributed by atoms with Crippen molar-refractivity contribution in [3.63, 3.8) is 0 Å². The van der Waals surface area contributed by atoms with Crippen LogP contribution >= 0.6 is 0 Å². The molecule has 6 bridgehead atoms. The maximum Gasteiger partial charge on any atom is 0.309 e. The maximum absolute atomic E-state index is 13.6. The van der Waals surface area contributed by atoms with Crippen molar-refractivity contribution >= 4 is 11.8 Å². The van der Waals surface area contributed by atoms with E-state index in [2.05, 4.69) is 20.8 Å². The van der Waals surface area contributed by atoms with Crippen LogP contribution < -0.4 is 0 Å². The zero-order valence-electron chi connectivity index (χ0n) is 19.1. The molecule has 0 saturated heterocycles. The Morgan fingerprint density at radius 3 is 2.29 bits per heavy atom. The average molecular weight is 421 g/mol. The van der Waals surface area contributed by atoms with Crippen LogP contribution in [0.2, 0.25) is 0 Å². The van der Waals surface area contributed by atoms with Crippen molar-refractivity contribution in [2.24, 2.45) is 58.7 Å². The normalized spacial score (nSPS) is 46.3. The van der Waals surface area contributed by atoms with Crippen molar-refractivity contribution in [2.45, 2.75) is 65.4 Å². The first kappa shape index (κ1) is 20.0. The van der Waals surface area contributed by atoms with Gasteiger partial charge in [0.2, 0.25) is 0 Å². The zero-order valence-corrected chi connectivity index (χ0v) is 19.1. The number of hydrogen-bond donors (Lipinski definition) is 0. The van der Waals surface area contributed by atoms with Gasteiger partial charge in [0.1, 0.15) is 6.10 Å². The lowest BCUT2D eigenvalue weighted by atomic mass is 9.45. The largest absolute Gasteiger partial charge is 0.462 e. The molecule has 0 radical (unpaired) electrons. The van der Waals surface area contributed by atoms with Crippen molar-refractivity contribution in [1.29, 1.82) is 0 Å². The molecule has 1 aromatic carbocycles.